The molecule has 0 aromatic heterocycles. The Kier molecular flexibility index (Phi) is 0.707. The summed E-state index contributed by atoms with van der Waals surface area (Å²) < 4.78 is 5.24. The summed E-state index contributed by atoms with van der Waals surface area (Å²) in [4.78, 5) is 0. The van der Waals surface area contributed by atoms with Crippen molar-refractivity contribution in [3.63, 3.8) is 0 Å². The van der Waals surface area contributed by atoms with Crippen LogP contribution in [0.15, 0.2) is 0 Å². The number of hydrogen-bond acceptors (Lipinski definition) is 2. The van der Waals surface area contributed by atoms with E-state index in [-0.39, 0.29) is 0 Å². The molecule has 1 nitrogen and oxygen atoms in total. The molecule has 2 heterocycles. The highest BCUT2D eigenvalue weighted by molar-refractivity contribution is 8.00. The van der Waals surface area contributed by atoms with Crippen LogP contribution in [0.25, 0.3) is 0 Å². The van der Waals surface area contributed by atoms with Crippen molar-refractivity contribution in [2.24, 2.45) is 0 Å². The van der Waals surface area contributed by atoms with Gasteiger partial charge in [-0.1, -0.05) is 6.92 Å². The molecular formula is C5H8OS. The number of fused-ring (bicyclic) bond motifs is 1. The number of rotatable bonds is 0. The molecule has 0 bridgehead atoms. The largest absolute Gasteiger partial charge is 0.367 e. The topological polar surface area (TPSA) is 12.5 Å². The average Bonchev–Trinajstić information content (AvgIpc) is 2.33. The van der Waals surface area contributed by atoms with Crippen LogP contribution in [-0.2, 0) is 4.74 Å². The molecule has 2 aliphatic rings. The fourth-order valence-electron chi connectivity index (χ4n) is 1.04. The quantitative estimate of drug-likeness (QED) is 0.436. The van der Waals surface area contributed by atoms with E-state index in [1.165, 1.54) is 5.75 Å². The molecule has 0 saturated carbocycles. The summed E-state index contributed by atoms with van der Waals surface area (Å²) >= 11 is 2.03. The van der Waals surface area contributed by atoms with E-state index in [9.17, 15) is 0 Å². The first kappa shape index (κ1) is 4.21. The van der Waals surface area contributed by atoms with Crippen molar-refractivity contribution in [2.75, 3.05) is 5.75 Å². The molecule has 40 valence electrons. The molecule has 3 atom stereocenters. The highest BCUT2D eigenvalue weighted by Crippen LogP contribution is 2.41. The highest BCUT2D eigenvalue weighted by atomic mass is 32.2. The molecule has 2 saturated heterocycles. The maximum Gasteiger partial charge on any atom is 0.0965 e. The Balaban J connectivity index is 2.08. The van der Waals surface area contributed by atoms with Crippen LogP contribution in [0.1, 0.15) is 6.92 Å². The van der Waals surface area contributed by atoms with Gasteiger partial charge in [0.2, 0.25) is 0 Å². The van der Waals surface area contributed by atoms with Crippen LogP contribution in [0, 0.1) is 0 Å². The van der Waals surface area contributed by atoms with Gasteiger partial charge < -0.3 is 4.74 Å². The van der Waals surface area contributed by atoms with E-state index in [0.29, 0.717) is 12.2 Å². The van der Waals surface area contributed by atoms with Crippen molar-refractivity contribution in [3.8, 4) is 0 Å². The molecule has 0 spiro atoms. The van der Waals surface area contributed by atoms with E-state index in [4.69, 9.17) is 4.74 Å². The Morgan fingerprint density at radius 3 is 2.71 bits per heavy atom. The van der Waals surface area contributed by atoms with Gasteiger partial charge in [0.15, 0.2) is 0 Å². The first-order valence-corrected chi connectivity index (χ1v) is 3.70. The Hall–Kier alpha value is 0.310. The molecule has 2 fully saturated rings. The zero-order chi connectivity index (χ0) is 4.85. The molecule has 0 aromatic rings. The third kappa shape index (κ3) is 0.500. The lowest BCUT2D eigenvalue weighted by atomic mass is 10.3. The lowest BCUT2D eigenvalue weighted by Gasteiger charge is -1.97. The van der Waals surface area contributed by atoms with E-state index in [2.05, 4.69) is 6.92 Å². The molecule has 2 rings (SSSR count). The highest BCUT2D eigenvalue weighted by Gasteiger charge is 2.48. The van der Waals surface area contributed by atoms with Crippen molar-refractivity contribution in [2.45, 2.75) is 24.4 Å². The van der Waals surface area contributed by atoms with Gasteiger partial charge in [0, 0.05) is 11.0 Å². The van der Waals surface area contributed by atoms with Gasteiger partial charge in [-0.25, -0.2) is 0 Å². The molecule has 0 aliphatic carbocycles. The first-order valence-electron chi connectivity index (χ1n) is 2.65. The van der Waals surface area contributed by atoms with E-state index >= 15 is 0 Å². The second-order valence-electron chi connectivity index (χ2n) is 2.18. The molecule has 0 aromatic carbocycles. The zero-order valence-electron chi connectivity index (χ0n) is 4.26. The lowest BCUT2D eigenvalue weighted by molar-refractivity contribution is 0.373. The maximum absolute atomic E-state index is 5.24. The number of ether oxygens (including phenoxy) is 1. The third-order valence-electron chi connectivity index (χ3n) is 1.61. The van der Waals surface area contributed by atoms with Gasteiger partial charge in [-0.3, -0.25) is 0 Å². The predicted octanol–water partition coefficient (Wildman–Crippen LogP) is 0.889. The average molecular weight is 116 g/mol. The summed E-state index contributed by atoms with van der Waals surface area (Å²) in [5, 5.41) is 0.782. The molecule has 2 heteroatoms. The number of thioether (sulfide) groups is 1. The number of epoxide rings is 1. The lowest BCUT2D eigenvalue weighted by Crippen LogP contribution is -1.98. The summed E-state index contributed by atoms with van der Waals surface area (Å²) in [6.45, 7) is 2.24. The smallest absolute Gasteiger partial charge is 0.0965 e. The fourth-order valence-corrected chi connectivity index (χ4v) is 2.24. The first-order chi connectivity index (χ1) is 3.38. The summed E-state index contributed by atoms with van der Waals surface area (Å²) in [6.07, 6.45) is 1.30. The molecular weight excluding hydrogens is 108 g/mol. The van der Waals surface area contributed by atoms with Gasteiger partial charge in [-0.05, 0) is 0 Å². The van der Waals surface area contributed by atoms with Crippen molar-refractivity contribution in [1.82, 2.24) is 0 Å². The molecule has 0 radical (unpaired) electrons. The molecule has 0 amide bonds. The van der Waals surface area contributed by atoms with Crippen LogP contribution in [0.3, 0.4) is 0 Å². The fraction of sp³-hybridized carbons (Fsp3) is 1.00. The molecule has 0 N–H and O–H groups in total. The second-order valence-corrected chi connectivity index (χ2v) is 3.59. The minimum atomic E-state index is 0.644. The van der Waals surface area contributed by atoms with E-state index in [1.807, 2.05) is 11.8 Å². The van der Waals surface area contributed by atoms with Crippen LogP contribution in [0.5, 0.6) is 0 Å². The standard InChI is InChI=1S/C5H8OS/c1-3-5-4(6-5)2-7-3/h3-5H,2H2,1H3. The van der Waals surface area contributed by atoms with Gasteiger partial charge in [-0.2, -0.15) is 11.8 Å². The summed E-state index contributed by atoms with van der Waals surface area (Å²) in [5.74, 6) is 1.24. The van der Waals surface area contributed by atoms with E-state index < -0.39 is 0 Å². The van der Waals surface area contributed by atoms with Gasteiger partial charge in [0.05, 0.1) is 12.2 Å². The van der Waals surface area contributed by atoms with Crippen molar-refractivity contribution in [3.05, 3.63) is 0 Å². The van der Waals surface area contributed by atoms with E-state index in [1.54, 1.807) is 0 Å². The molecule has 3 unspecified atom stereocenters. The Morgan fingerprint density at radius 1 is 1.71 bits per heavy atom. The normalized spacial score (nSPS) is 57.0. The second kappa shape index (κ2) is 1.17. The van der Waals surface area contributed by atoms with Gasteiger partial charge >= 0.3 is 0 Å². The Morgan fingerprint density at radius 2 is 2.57 bits per heavy atom. The zero-order valence-corrected chi connectivity index (χ0v) is 5.07. The SMILES string of the molecule is CC1SCC2OC21. The summed E-state index contributed by atoms with van der Waals surface area (Å²) in [7, 11) is 0. The molecule has 2 aliphatic heterocycles. The van der Waals surface area contributed by atoms with Crippen molar-refractivity contribution < 1.29 is 4.74 Å². The van der Waals surface area contributed by atoms with Crippen LogP contribution in [-0.4, -0.2) is 23.2 Å². The van der Waals surface area contributed by atoms with Crippen LogP contribution < -0.4 is 0 Å². The minimum absolute atomic E-state index is 0.644. The van der Waals surface area contributed by atoms with E-state index in [0.717, 1.165) is 5.25 Å². The van der Waals surface area contributed by atoms with Crippen molar-refractivity contribution in [1.29, 1.82) is 0 Å². The summed E-state index contributed by atoms with van der Waals surface area (Å²) in [5.41, 5.74) is 0. The monoisotopic (exact) mass is 116 g/mol. The Bertz CT molecular complexity index is 94.1. The Labute approximate surface area is 47.4 Å². The van der Waals surface area contributed by atoms with Gasteiger partial charge in [0.25, 0.3) is 0 Å². The van der Waals surface area contributed by atoms with Crippen LogP contribution >= 0.6 is 11.8 Å². The maximum atomic E-state index is 5.24. The third-order valence-corrected chi connectivity index (χ3v) is 2.92. The number of hydrogen-bond donors (Lipinski definition) is 0. The summed E-state index contributed by atoms with van der Waals surface area (Å²) in [6, 6.07) is 0. The van der Waals surface area contributed by atoms with Crippen LogP contribution in [0.4, 0.5) is 0 Å². The minimum Gasteiger partial charge on any atom is -0.367 e. The van der Waals surface area contributed by atoms with Gasteiger partial charge in [0.1, 0.15) is 0 Å². The predicted molar refractivity (Wildman–Crippen MR) is 30.6 cm³/mol. The van der Waals surface area contributed by atoms with Gasteiger partial charge in [-0.15, -0.1) is 0 Å². The molecule has 7 heavy (non-hydrogen) atoms. The van der Waals surface area contributed by atoms with Crippen molar-refractivity contribution >= 4 is 11.8 Å². The van der Waals surface area contributed by atoms with Crippen LogP contribution in [0.2, 0.25) is 0 Å².